The van der Waals surface area contributed by atoms with Gasteiger partial charge in [0, 0.05) is 11.6 Å². The minimum Gasteiger partial charge on any atom is -0.493 e. The summed E-state index contributed by atoms with van der Waals surface area (Å²) < 4.78 is 10.8. The molecule has 0 unspecified atom stereocenters. The van der Waals surface area contributed by atoms with Gasteiger partial charge in [-0.2, -0.15) is 0 Å². The van der Waals surface area contributed by atoms with Crippen molar-refractivity contribution in [3.05, 3.63) is 57.5 Å². The van der Waals surface area contributed by atoms with Gasteiger partial charge in [0.15, 0.2) is 16.7 Å². The van der Waals surface area contributed by atoms with Gasteiger partial charge in [0.2, 0.25) is 0 Å². The standard InChI is InChI=1S/C23H25ClN2O3S/c1-14(2)13-26-22(27)21(30-23(26)25-18-8-6-17(24)7-9-18)12-16-11-20(29-5)19(28-4)10-15(16)3/h6-12,14H,13H2,1-5H3/b21-12-,25-23?. The summed E-state index contributed by atoms with van der Waals surface area (Å²) in [5.41, 5.74) is 2.65. The molecule has 2 aromatic carbocycles. The van der Waals surface area contributed by atoms with Crippen molar-refractivity contribution in [1.29, 1.82) is 0 Å². The predicted molar refractivity (Wildman–Crippen MR) is 125 cm³/mol. The Morgan fingerprint density at radius 1 is 1.13 bits per heavy atom. The van der Waals surface area contributed by atoms with E-state index in [0.717, 1.165) is 16.8 Å². The van der Waals surface area contributed by atoms with E-state index < -0.39 is 0 Å². The fourth-order valence-electron chi connectivity index (χ4n) is 3.04. The van der Waals surface area contributed by atoms with Gasteiger partial charge >= 0.3 is 0 Å². The van der Waals surface area contributed by atoms with E-state index in [0.29, 0.717) is 39.1 Å². The average molecular weight is 445 g/mol. The van der Waals surface area contributed by atoms with E-state index in [1.807, 2.05) is 37.3 Å². The van der Waals surface area contributed by atoms with Crippen LogP contribution >= 0.6 is 23.4 Å². The van der Waals surface area contributed by atoms with E-state index in [2.05, 4.69) is 13.8 Å². The number of ether oxygens (including phenoxy) is 2. The highest BCUT2D eigenvalue weighted by Crippen LogP contribution is 2.37. The molecule has 0 bridgehead atoms. The lowest BCUT2D eigenvalue weighted by Crippen LogP contribution is -2.32. The van der Waals surface area contributed by atoms with Crippen LogP contribution in [0.2, 0.25) is 5.02 Å². The first-order chi connectivity index (χ1) is 14.3. The number of rotatable bonds is 6. The van der Waals surface area contributed by atoms with Crippen LogP contribution in [0.5, 0.6) is 11.5 Å². The Kier molecular flexibility index (Phi) is 7.10. The summed E-state index contributed by atoms with van der Waals surface area (Å²) in [7, 11) is 3.20. The number of carbonyl (C=O) groups excluding carboxylic acids is 1. The number of nitrogens with zero attached hydrogens (tertiary/aromatic N) is 2. The first-order valence-electron chi connectivity index (χ1n) is 9.60. The number of hydrogen-bond acceptors (Lipinski definition) is 5. The molecule has 0 saturated carbocycles. The first kappa shape index (κ1) is 22.2. The average Bonchev–Trinajstić information content (AvgIpc) is 2.99. The Hall–Kier alpha value is -2.44. The Balaban J connectivity index is 2.00. The fraction of sp³-hybridized carbons (Fsp3) is 0.304. The van der Waals surface area contributed by atoms with Crippen molar-refractivity contribution in [2.75, 3.05) is 20.8 Å². The highest BCUT2D eigenvalue weighted by molar-refractivity contribution is 8.18. The number of methoxy groups -OCH3 is 2. The molecule has 30 heavy (non-hydrogen) atoms. The second kappa shape index (κ2) is 9.58. The number of amides is 1. The minimum absolute atomic E-state index is 0.0457. The van der Waals surface area contributed by atoms with Gasteiger partial charge in [0.1, 0.15) is 0 Å². The maximum atomic E-state index is 13.2. The van der Waals surface area contributed by atoms with Gasteiger partial charge in [-0.3, -0.25) is 9.69 Å². The van der Waals surface area contributed by atoms with Crippen molar-refractivity contribution in [3.63, 3.8) is 0 Å². The van der Waals surface area contributed by atoms with Crippen molar-refractivity contribution in [1.82, 2.24) is 4.90 Å². The maximum absolute atomic E-state index is 13.2. The molecule has 158 valence electrons. The Morgan fingerprint density at radius 2 is 1.77 bits per heavy atom. The highest BCUT2D eigenvalue weighted by atomic mass is 35.5. The molecular formula is C23H25ClN2O3S. The summed E-state index contributed by atoms with van der Waals surface area (Å²) in [5, 5.41) is 1.32. The van der Waals surface area contributed by atoms with Gasteiger partial charge in [-0.25, -0.2) is 4.99 Å². The number of amidine groups is 1. The normalized spacial score (nSPS) is 16.8. The van der Waals surface area contributed by atoms with Crippen LogP contribution in [0.25, 0.3) is 6.08 Å². The van der Waals surface area contributed by atoms with Crippen LogP contribution in [0.4, 0.5) is 5.69 Å². The fourth-order valence-corrected chi connectivity index (χ4v) is 4.16. The Bertz CT molecular complexity index is 1000. The zero-order chi connectivity index (χ0) is 21.8. The molecule has 0 spiro atoms. The molecule has 0 radical (unpaired) electrons. The molecule has 0 N–H and O–H groups in total. The minimum atomic E-state index is -0.0457. The van der Waals surface area contributed by atoms with Crippen LogP contribution < -0.4 is 9.47 Å². The molecule has 7 heteroatoms. The molecule has 0 atom stereocenters. The van der Waals surface area contributed by atoms with Crippen LogP contribution in [0.1, 0.15) is 25.0 Å². The molecule has 1 amide bonds. The predicted octanol–water partition coefficient (Wildman–Crippen LogP) is 5.93. The summed E-state index contributed by atoms with van der Waals surface area (Å²) in [6.45, 7) is 6.74. The quantitative estimate of drug-likeness (QED) is 0.518. The Labute approximate surface area is 186 Å². The third-order valence-corrected chi connectivity index (χ3v) is 5.80. The van der Waals surface area contributed by atoms with Crippen molar-refractivity contribution < 1.29 is 14.3 Å². The first-order valence-corrected chi connectivity index (χ1v) is 10.8. The van der Waals surface area contributed by atoms with Crippen molar-refractivity contribution in [2.45, 2.75) is 20.8 Å². The van der Waals surface area contributed by atoms with E-state index >= 15 is 0 Å². The SMILES string of the molecule is COc1cc(C)c(/C=C2\SC(=Nc3ccc(Cl)cc3)N(CC(C)C)C2=O)cc1OC. The molecule has 1 aliphatic rings. The molecule has 1 heterocycles. The lowest BCUT2D eigenvalue weighted by molar-refractivity contribution is -0.122. The van der Waals surface area contributed by atoms with Crippen LogP contribution in [-0.4, -0.2) is 36.7 Å². The number of aryl methyl sites for hydroxylation is 1. The second-order valence-electron chi connectivity index (χ2n) is 7.35. The molecule has 0 aliphatic carbocycles. The van der Waals surface area contributed by atoms with Gasteiger partial charge in [-0.15, -0.1) is 0 Å². The third-order valence-electron chi connectivity index (χ3n) is 4.55. The number of hydrogen-bond donors (Lipinski definition) is 0. The zero-order valence-electron chi connectivity index (χ0n) is 17.7. The molecule has 2 aromatic rings. The number of benzene rings is 2. The number of halogens is 1. The summed E-state index contributed by atoms with van der Waals surface area (Å²) in [5.74, 6) is 1.55. The Morgan fingerprint density at radius 3 is 2.37 bits per heavy atom. The van der Waals surface area contributed by atoms with E-state index in [1.54, 1.807) is 31.3 Å². The van der Waals surface area contributed by atoms with E-state index in [-0.39, 0.29) is 5.91 Å². The molecular weight excluding hydrogens is 420 g/mol. The maximum Gasteiger partial charge on any atom is 0.266 e. The van der Waals surface area contributed by atoms with Gasteiger partial charge in [-0.1, -0.05) is 25.4 Å². The molecule has 1 aliphatic heterocycles. The van der Waals surface area contributed by atoms with Crippen molar-refractivity contribution in [2.24, 2.45) is 10.9 Å². The summed E-state index contributed by atoms with van der Waals surface area (Å²) in [4.78, 5) is 20.2. The lowest BCUT2D eigenvalue weighted by atomic mass is 10.1. The van der Waals surface area contributed by atoms with E-state index in [1.165, 1.54) is 11.8 Å². The topological polar surface area (TPSA) is 51.1 Å². The van der Waals surface area contributed by atoms with Gasteiger partial charge in [0.05, 0.1) is 24.8 Å². The number of carbonyl (C=O) groups is 1. The van der Waals surface area contributed by atoms with Gasteiger partial charge < -0.3 is 9.47 Å². The number of thioether (sulfide) groups is 1. The monoisotopic (exact) mass is 444 g/mol. The van der Waals surface area contributed by atoms with Gasteiger partial charge in [-0.05, 0) is 78.2 Å². The van der Waals surface area contributed by atoms with Gasteiger partial charge in [0.25, 0.3) is 5.91 Å². The van der Waals surface area contributed by atoms with Crippen LogP contribution in [-0.2, 0) is 4.79 Å². The highest BCUT2D eigenvalue weighted by Gasteiger charge is 2.33. The van der Waals surface area contributed by atoms with Crippen LogP contribution in [0.15, 0.2) is 46.3 Å². The summed E-state index contributed by atoms with van der Waals surface area (Å²) >= 11 is 7.35. The van der Waals surface area contributed by atoms with Crippen LogP contribution in [0.3, 0.4) is 0 Å². The third kappa shape index (κ3) is 4.99. The summed E-state index contributed by atoms with van der Waals surface area (Å²) in [6.07, 6.45) is 1.89. The summed E-state index contributed by atoms with van der Waals surface area (Å²) in [6, 6.07) is 11.1. The van der Waals surface area contributed by atoms with E-state index in [4.69, 9.17) is 26.1 Å². The smallest absolute Gasteiger partial charge is 0.266 e. The molecule has 1 fully saturated rings. The molecule has 0 aromatic heterocycles. The largest absolute Gasteiger partial charge is 0.493 e. The zero-order valence-corrected chi connectivity index (χ0v) is 19.3. The van der Waals surface area contributed by atoms with Crippen LogP contribution in [0, 0.1) is 12.8 Å². The lowest BCUT2D eigenvalue weighted by Gasteiger charge is -2.17. The molecule has 3 rings (SSSR count). The molecule has 5 nitrogen and oxygen atoms in total. The van der Waals surface area contributed by atoms with Crippen molar-refractivity contribution >= 4 is 46.2 Å². The number of aliphatic imine (C=N–C) groups is 1. The van der Waals surface area contributed by atoms with E-state index in [9.17, 15) is 4.79 Å². The second-order valence-corrected chi connectivity index (χ2v) is 8.80. The van der Waals surface area contributed by atoms with Crippen molar-refractivity contribution in [3.8, 4) is 11.5 Å². The molecule has 1 saturated heterocycles.